The lowest BCUT2D eigenvalue weighted by atomic mass is 9.99. The summed E-state index contributed by atoms with van der Waals surface area (Å²) in [5, 5.41) is 11.8. The van der Waals surface area contributed by atoms with Crippen molar-refractivity contribution in [1.29, 1.82) is 0 Å². The number of aromatic nitrogens is 3. The SMILES string of the molecule is CCc1nc2ccc(-c3cc4ccccc4cn3)cc2n1Cc1ccc(-c2ccccc2C(=O)O)cc1. The Kier molecular flexibility index (Phi) is 5.73. The Morgan fingerprint density at radius 3 is 2.35 bits per heavy atom. The van der Waals surface area contributed by atoms with Crippen LogP contribution in [-0.4, -0.2) is 25.6 Å². The van der Waals surface area contributed by atoms with E-state index in [-0.39, 0.29) is 0 Å². The van der Waals surface area contributed by atoms with Gasteiger partial charge >= 0.3 is 5.97 Å². The number of benzene rings is 4. The average molecular weight is 484 g/mol. The number of hydrogen-bond acceptors (Lipinski definition) is 3. The Hall–Kier alpha value is -4.77. The van der Waals surface area contributed by atoms with Crippen molar-refractivity contribution in [1.82, 2.24) is 14.5 Å². The summed E-state index contributed by atoms with van der Waals surface area (Å²) in [5.74, 6) is 0.104. The van der Waals surface area contributed by atoms with Crippen LogP contribution in [0.4, 0.5) is 0 Å². The molecule has 1 N–H and O–H groups in total. The van der Waals surface area contributed by atoms with Crippen LogP contribution < -0.4 is 0 Å². The van der Waals surface area contributed by atoms with E-state index in [0.717, 1.165) is 56.6 Å². The smallest absolute Gasteiger partial charge is 0.336 e. The molecular formula is C32H25N3O2. The summed E-state index contributed by atoms with van der Waals surface area (Å²) in [6, 6.07) is 31.9. The second-order valence-electron chi connectivity index (χ2n) is 9.14. The Balaban J connectivity index is 1.36. The monoisotopic (exact) mass is 483 g/mol. The average Bonchev–Trinajstić information content (AvgIpc) is 3.29. The van der Waals surface area contributed by atoms with Gasteiger partial charge in [-0.25, -0.2) is 9.78 Å². The number of rotatable bonds is 6. The van der Waals surface area contributed by atoms with E-state index in [4.69, 9.17) is 9.97 Å². The maximum Gasteiger partial charge on any atom is 0.336 e. The zero-order chi connectivity index (χ0) is 25.4. The number of hydrogen-bond donors (Lipinski definition) is 1. The lowest BCUT2D eigenvalue weighted by molar-refractivity contribution is 0.0697. The fourth-order valence-corrected chi connectivity index (χ4v) is 4.91. The van der Waals surface area contributed by atoms with Gasteiger partial charge in [-0.05, 0) is 46.3 Å². The van der Waals surface area contributed by atoms with E-state index < -0.39 is 5.97 Å². The number of nitrogens with zero attached hydrogens (tertiary/aromatic N) is 3. The number of fused-ring (bicyclic) bond motifs is 2. The Bertz CT molecular complexity index is 1770. The van der Waals surface area contributed by atoms with Gasteiger partial charge in [0.25, 0.3) is 0 Å². The second-order valence-corrected chi connectivity index (χ2v) is 9.14. The maximum atomic E-state index is 11.6. The van der Waals surface area contributed by atoms with Crippen LogP contribution in [0.15, 0.2) is 103 Å². The Morgan fingerprint density at radius 1 is 0.838 bits per heavy atom. The summed E-state index contributed by atoms with van der Waals surface area (Å²) in [5.41, 5.74) is 7.07. The van der Waals surface area contributed by atoms with E-state index in [0.29, 0.717) is 12.1 Å². The van der Waals surface area contributed by atoms with Gasteiger partial charge in [0.2, 0.25) is 0 Å². The van der Waals surface area contributed by atoms with Gasteiger partial charge in [-0.3, -0.25) is 4.98 Å². The van der Waals surface area contributed by atoms with Crippen molar-refractivity contribution in [3.05, 3.63) is 120 Å². The number of aryl methyl sites for hydroxylation is 1. The molecule has 0 aliphatic heterocycles. The Labute approximate surface area is 214 Å². The van der Waals surface area contributed by atoms with Gasteiger partial charge in [0.1, 0.15) is 5.82 Å². The van der Waals surface area contributed by atoms with Crippen LogP contribution in [0.5, 0.6) is 0 Å². The van der Waals surface area contributed by atoms with E-state index in [1.807, 2.05) is 42.6 Å². The predicted molar refractivity (Wildman–Crippen MR) is 148 cm³/mol. The van der Waals surface area contributed by atoms with Crippen molar-refractivity contribution in [2.24, 2.45) is 0 Å². The van der Waals surface area contributed by atoms with Crippen molar-refractivity contribution in [3.63, 3.8) is 0 Å². The van der Waals surface area contributed by atoms with Gasteiger partial charge in [-0.2, -0.15) is 0 Å². The Morgan fingerprint density at radius 2 is 1.57 bits per heavy atom. The van der Waals surface area contributed by atoms with E-state index in [1.165, 1.54) is 5.39 Å². The first-order chi connectivity index (χ1) is 18.1. The molecule has 0 saturated carbocycles. The third kappa shape index (κ3) is 4.25. The minimum absolute atomic E-state index is 0.305. The summed E-state index contributed by atoms with van der Waals surface area (Å²) in [7, 11) is 0. The van der Waals surface area contributed by atoms with E-state index in [1.54, 1.807) is 12.1 Å². The lowest BCUT2D eigenvalue weighted by Crippen LogP contribution is -2.04. The van der Waals surface area contributed by atoms with Crippen molar-refractivity contribution >= 4 is 27.8 Å². The van der Waals surface area contributed by atoms with Crippen molar-refractivity contribution in [2.75, 3.05) is 0 Å². The van der Waals surface area contributed by atoms with Gasteiger partial charge < -0.3 is 9.67 Å². The molecule has 4 aromatic carbocycles. The van der Waals surface area contributed by atoms with E-state index >= 15 is 0 Å². The molecule has 0 amide bonds. The van der Waals surface area contributed by atoms with Crippen molar-refractivity contribution in [3.8, 4) is 22.4 Å². The number of aromatic carboxylic acids is 1. The summed E-state index contributed by atoms with van der Waals surface area (Å²) >= 11 is 0. The highest BCUT2D eigenvalue weighted by atomic mass is 16.4. The van der Waals surface area contributed by atoms with Crippen LogP contribution in [0, 0.1) is 0 Å². The highest BCUT2D eigenvalue weighted by Crippen LogP contribution is 2.28. The molecule has 0 aliphatic rings. The first-order valence-corrected chi connectivity index (χ1v) is 12.4. The van der Waals surface area contributed by atoms with Crippen LogP contribution >= 0.6 is 0 Å². The number of pyridine rings is 1. The molecule has 0 spiro atoms. The molecule has 0 fully saturated rings. The molecule has 2 heterocycles. The van der Waals surface area contributed by atoms with Gasteiger partial charge in [0.15, 0.2) is 0 Å². The zero-order valence-corrected chi connectivity index (χ0v) is 20.4. The number of carbonyl (C=O) groups is 1. The molecule has 6 aromatic rings. The maximum absolute atomic E-state index is 11.6. The van der Waals surface area contributed by atoms with Crippen molar-refractivity contribution in [2.45, 2.75) is 19.9 Å². The van der Waals surface area contributed by atoms with E-state index in [2.05, 4.69) is 60.0 Å². The fourth-order valence-electron chi connectivity index (χ4n) is 4.91. The molecule has 0 unspecified atom stereocenters. The molecule has 0 saturated heterocycles. The summed E-state index contributed by atoms with van der Waals surface area (Å²) in [4.78, 5) is 21.2. The van der Waals surface area contributed by atoms with Gasteiger partial charge in [-0.15, -0.1) is 0 Å². The minimum atomic E-state index is -0.922. The number of imidazole rings is 1. The normalized spacial score (nSPS) is 11.3. The molecular weight excluding hydrogens is 458 g/mol. The van der Waals surface area contributed by atoms with Crippen LogP contribution in [0.3, 0.4) is 0 Å². The van der Waals surface area contributed by atoms with Crippen LogP contribution in [0.1, 0.15) is 28.7 Å². The molecule has 180 valence electrons. The number of carboxylic acid groups (broad SMARTS) is 1. The second kappa shape index (κ2) is 9.36. The molecule has 6 rings (SSSR count). The molecule has 2 aromatic heterocycles. The predicted octanol–water partition coefficient (Wildman–Crippen LogP) is 7.23. The molecule has 0 atom stereocenters. The first-order valence-electron chi connectivity index (χ1n) is 12.4. The minimum Gasteiger partial charge on any atom is -0.478 e. The third-order valence-corrected chi connectivity index (χ3v) is 6.83. The lowest BCUT2D eigenvalue weighted by Gasteiger charge is -2.11. The fraction of sp³-hybridized carbons (Fsp3) is 0.0938. The summed E-state index contributed by atoms with van der Waals surface area (Å²) in [6.45, 7) is 2.80. The van der Waals surface area contributed by atoms with Gasteiger partial charge in [-0.1, -0.05) is 79.7 Å². The van der Waals surface area contributed by atoms with E-state index in [9.17, 15) is 9.90 Å². The molecule has 5 nitrogen and oxygen atoms in total. The molecule has 0 aliphatic carbocycles. The largest absolute Gasteiger partial charge is 0.478 e. The van der Waals surface area contributed by atoms with Gasteiger partial charge in [0.05, 0.1) is 22.3 Å². The first kappa shape index (κ1) is 22.7. The topological polar surface area (TPSA) is 68.0 Å². The highest BCUT2D eigenvalue weighted by Gasteiger charge is 2.14. The van der Waals surface area contributed by atoms with Crippen LogP contribution in [0.2, 0.25) is 0 Å². The summed E-state index contributed by atoms with van der Waals surface area (Å²) in [6.07, 6.45) is 2.75. The van der Waals surface area contributed by atoms with Gasteiger partial charge in [0, 0.05) is 30.1 Å². The van der Waals surface area contributed by atoms with Crippen LogP contribution in [0.25, 0.3) is 44.2 Å². The molecule has 0 bridgehead atoms. The molecule has 0 radical (unpaired) electrons. The standard InChI is InChI=1S/C32H25N3O2/c1-2-31-34-28-16-15-24(29-17-23-7-3-4-8-25(23)19-33-29)18-30(28)35(31)20-21-11-13-22(14-12-21)26-9-5-6-10-27(26)32(36)37/h3-19H,2,20H2,1H3,(H,36,37). The van der Waals surface area contributed by atoms with Crippen LogP contribution in [-0.2, 0) is 13.0 Å². The number of carboxylic acids is 1. The molecule has 37 heavy (non-hydrogen) atoms. The zero-order valence-electron chi connectivity index (χ0n) is 20.4. The van der Waals surface area contributed by atoms with Crippen molar-refractivity contribution < 1.29 is 9.90 Å². The quantitative estimate of drug-likeness (QED) is 0.271. The molecule has 5 heteroatoms. The summed E-state index contributed by atoms with van der Waals surface area (Å²) < 4.78 is 2.26. The highest BCUT2D eigenvalue weighted by molar-refractivity contribution is 5.96. The third-order valence-electron chi connectivity index (χ3n) is 6.83.